The lowest BCUT2D eigenvalue weighted by Crippen LogP contribution is -2.21. The molecule has 0 aliphatic rings. The van der Waals surface area contributed by atoms with Gasteiger partial charge >= 0.3 is 6.61 Å². The van der Waals surface area contributed by atoms with Crippen LogP contribution in [0.1, 0.15) is 0 Å². The summed E-state index contributed by atoms with van der Waals surface area (Å²) in [6.45, 7) is -3.05. The normalized spacial score (nSPS) is 11.4. The van der Waals surface area contributed by atoms with Gasteiger partial charge in [-0.1, -0.05) is 0 Å². The minimum atomic E-state index is -3.98. The van der Waals surface area contributed by atoms with Gasteiger partial charge in [0.15, 0.2) is 11.5 Å². The summed E-state index contributed by atoms with van der Waals surface area (Å²) in [5.74, 6) is -0.249. The third-order valence-corrected chi connectivity index (χ3v) is 2.16. The molecule has 0 saturated heterocycles. The quantitative estimate of drug-likeness (QED) is 0.830. The third kappa shape index (κ3) is 4.41. The first-order chi connectivity index (χ1) is 7.81. The van der Waals surface area contributed by atoms with Crippen molar-refractivity contribution in [3.05, 3.63) is 18.2 Å². The molecule has 1 rings (SSSR count). The van der Waals surface area contributed by atoms with E-state index < -0.39 is 16.8 Å². The SMILES string of the molecule is COc1ccc(NS(N)(=O)=O)cc1OC(F)F. The molecule has 0 saturated carbocycles. The van der Waals surface area contributed by atoms with Gasteiger partial charge in [-0.25, -0.2) is 5.14 Å². The number of benzene rings is 1. The molecule has 0 spiro atoms. The van der Waals surface area contributed by atoms with Crippen LogP contribution in [0.4, 0.5) is 14.5 Å². The fourth-order valence-electron chi connectivity index (χ4n) is 1.09. The predicted molar refractivity (Wildman–Crippen MR) is 56.4 cm³/mol. The number of hydrogen-bond donors (Lipinski definition) is 2. The highest BCUT2D eigenvalue weighted by atomic mass is 32.2. The molecule has 0 aliphatic carbocycles. The lowest BCUT2D eigenvalue weighted by atomic mass is 10.3. The molecular formula is C8H10F2N2O4S. The Morgan fingerprint density at radius 3 is 2.47 bits per heavy atom. The largest absolute Gasteiger partial charge is 0.493 e. The van der Waals surface area contributed by atoms with Crippen molar-refractivity contribution in [2.45, 2.75) is 6.61 Å². The Labute approximate surface area is 96.5 Å². The van der Waals surface area contributed by atoms with E-state index in [1.54, 1.807) is 0 Å². The molecule has 1 aromatic rings. The average molecular weight is 268 g/mol. The maximum absolute atomic E-state index is 12.1. The molecule has 0 radical (unpaired) electrons. The molecule has 0 atom stereocenters. The number of halogens is 2. The standard InChI is InChI=1S/C8H10F2N2O4S/c1-15-6-3-2-5(12-17(11,13)14)4-7(6)16-8(9)10/h2-4,8,12H,1H3,(H2,11,13,14). The molecule has 17 heavy (non-hydrogen) atoms. The van der Waals surface area contributed by atoms with Gasteiger partial charge in [0, 0.05) is 6.07 Å². The van der Waals surface area contributed by atoms with Gasteiger partial charge in [-0.05, 0) is 12.1 Å². The number of nitrogens with two attached hydrogens (primary N) is 1. The van der Waals surface area contributed by atoms with Crippen LogP contribution in [-0.4, -0.2) is 22.1 Å². The highest BCUT2D eigenvalue weighted by molar-refractivity contribution is 7.90. The number of methoxy groups -OCH3 is 1. The summed E-state index contributed by atoms with van der Waals surface area (Å²) < 4.78 is 56.4. The molecule has 0 heterocycles. The second-order valence-corrected chi connectivity index (χ2v) is 4.19. The van der Waals surface area contributed by atoms with E-state index in [1.807, 2.05) is 4.72 Å². The van der Waals surface area contributed by atoms with Crippen molar-refractivity contribution < 1.29 is 26.7 Å². The van der Waals surface area contributed by atoms with E-state index in [-0.39, 0.29) is 17.2 Å². The summed E-state index contributed by atoms with van der Waals surface area (Å²) >= 11 is 0. The van der Waals surface area contributed by atoms with E-state index in [4.69, 9.17) is 9.88 Å². The number of alkyl halides is 2. The number of hydrogen-bond acceptors (Lipinski definition) is 4. The number of ether oxygens (including phenoxy) is 2. The van der Waals surface area contributed by atoms with Crippen molar-refractivity contribution >= 4 is 15.9 Å². The zero-order valence-corrected chi connectivity index (χ0v) is 9.50. The van der Waals surface area contributed by atoms with Gasteiger partial charge in [-0.2, -0.15) is 17.2 Å². The van der Waals surface area contributed by atoms with Gasteiger partial charge in [0.1, 0.15) is 0 Å². The zero-order valence-electron chi connectivity index (χ0n) is 8.68. The van der Waals surface area contributed by atoms with Crippen molar-refractivity contribution in [3.8, 4) is 11.5 Å². The van der Waals surface area contributed by atoms with Crippen LogP contribution >= 0.6 is 0 Å². The van der Waals surface area contributed by atoms with Crippen LogP contribution in [0.2, 0.25) is 0 Å². The van der Waals surface area contributed by atoms with E-state index in [2.05, 4.69) is 4.74 Å². The third-order valence-electron chi connectivity index (χ3n) is 1.64. The molecule has 0 amide bonds. The molecule has 96 valence electrons. The van der Waals surface area contributed by atoms with Crippen LogP contribution in [0.25, 0.3) is 0 Å². The Hall–Kier alpha value is -1.61. The van der Waals surface area contributed by atoms with Gasteiger partial charge in [-0.15, -0.1) is 0 Å². The Morgan fingerprint density at radius 2 is 2.00 bits per heavy atom. The van der Waals surface area contributed by atoms with Crippen LogP contribution in [0.5, 0.6) is 11.5 Å². The van der Waals surface area contributed by atoms with E-state index in [0.29, 0.717) is 0 Å². The van der Waals surface area contributed by atoms with E-state index in [1.165, 1.54) is 19.2 Å². The molecule has 1 aromatic carbocycles. The summed E-state index contributed by atoms with van der Waals surface area (Å²) in [5, 5.41) is 4.73. The minimum Gasteiger partial charge on any atom is -0.493 e. The smallest absolute Gasteiger partial charge is 0.387 e. The Bertz CT molecular complexity index is 492. The van der Waals surface area contributed by atoms with Crippen LogP contribution in [0.3, 0.4) is 0 Å². The number of nitrogens with one attached hydrogen (secondary N) is 1. The Morgan fingerprint density at radius 1 is 1.35 bits per heavy atom. The van der Waals surface area contributed by atoms with Gasteiger partial charge in [-0.3, -0.25) is 4.72 Å². The summed E-state index contributed by atoms with van der Waals surface area (Å²) in [4.78, 5) is 0. The first kappa shape index (κ1) is 13.5. The maximum atomic E-state index is 12.1. The summed E-state index contributed by atoms with van der Waals surface area (Å²) in [6.07, 6.45) is 0. The second-order valence-electron chi connectivity index (χ2n) is 2.89. The van der Waals surface area contributed by atoms with Crippen LogP contribution in [0, 0.1) is 0 Å². The predicted octanol–water partition coefficient (Wildman–Crippen LogP) is 0.912. The van der Waals surface area contributed by atoms with Crippen molar-refractivity contribution in [2.24, 2.45) is 5.14 Å². The van der Waals surface area contributed by atoms with Crippen molar-refractivity contribution in [1.82, 2.24) is 0 Å². The number of rotatable bonds is 5. The minimum absolute atomic E-state index is 0.0102. The van der Waals surface area contributed by atoms with Gasteiger partial charge in [0.05, 0.1) is 12.8 Å². The van der Waals surface area contributed by atoms with Crippen molar-refractivity contribution in [2.75, 3.05) is 11.8 Å². The average Bonchev–Trinajstić information content (AvgIpc) is 2.14. The molecule has 0 unspecified atom stereocenters. The van der Waals surface area contributed by atoms with Crippen LogP contribution < -0.4 is 19.3 Å². The monoisotopic (exact) mass is 268 g/mol. The van der Waals surface area contributed by atoms with Gasteiger partial charge in [0.25, 0.3) is 10.2 Å². The molecule has 0 bridgehead atoms. The molecule has 0 aliphatic heterocycles. The summed E-state index contributed by atoms with van der Waals surface area (Å²) in [7, 11) is -2.71. The highest BCUT2D eigenvalue weighted by Crippen LogP contribution is 2.31. The molecular weight excluding hydrogens is 258 g/mol. The van der Waals surface area contributed by atoms with E-state index in [9.17, 15) is 17.2 Å². The highest BCUT2D eigenvalue weighted by Gasteiger charge is 2.12. The topological polar surface area (TPSA) is 90.6 Å². The number of anilines is 1. The van der Waals surface area contributed by atoms with E-state index in [0.717, 1.165) is 6.07 Å². The summed E-state index contributed by atoms with van der Waals surface area (Å²) in [6, 6.07) is 3.60. The maximum Gasteiger partial charge on any atom is 0.387 e. The fraction of sp³-hybridized carbons (Fsp3) is 0.250. The summed E-state index contributed by atoms with van der Waals surface area (Å²) in [5.41, 5.74) is -0.0102. The molecule has 0 aromatic heterocycles. The first-order valence-corrected chi connectivity index (χ1v) is 5.80. The first-order valence-electron chi connectivity index (χ1n) is 4.25. The zero-order chi connectivity index (χ0) is 13.1. The molecule has 0 fully saturated rings. The lowest BCUT2D eigenvalue weighted by Gasteiger charge is -2.11. The van der Waals surface area contributed by atoms with Crippen LogP contribution in [0.15, 0.2) is 18.2 Å². The molecule has 6 nitrogen and oxygen atoms in total. The lowest BCUT2D eigenvalue weighted by molar-refractivity contribution is -0.0511. The Kier molecular flexibility index (Phi) is 4.07. The second kappa shape index (κ2) is 5.15. The van der Waals surface area contributed by atoms with Crippen LogP contribution in [-0.2, 0) is 10.2 Å². The van der Waals surface area contributed by atoms with Crippen molar-refractivity contribution in [3.63, 3.8) is 0 Å². The molecule has 9 heteroatoms. The van der Waals surface area contributed by atoms with Crippen molar-refractivity contribution in [1.29, 1.82) is 0 Å². The molecule has 3 N–H and O–H groups in total. The van der Waals surface area contributed by atoms with Gasteiger partial charge in [0.2, 0.25) is 0 Å². The van der Waals surface area contributed by atoms with E-state index >= 15 is 0 Å². The fourth-order valence-corrected chi connectivity index (χ4v) is 1.55. The Balaban J connectivity index is 3.04. The van der Waals surface area contributed by atoms with Gasteiger partial charge < -0.3 is 9.47 Å².